The Morgan fingerprint density at radius 3 is 2.79 bits per heavy atom. The number of rotatable bonds is 6. The van der Waals surface area contributed by atoms with Gasteiger partial charge in [0, 0.05) is 25.4 Å². The van der Waals surface area contributed by atoms with E-state index in [1.165, 1.54) is 0 Å². The van der Waals surface area contributed by atoms with Crippen LogP contribution in [0.1, 0.15) is 25.0 Å². The van der Waals surface area contributed by atoms with Crippen LogP contribution in [-0.4, -0.2) is 28.1 Å². The zero-order valence-electron chi connectivity index (χ0n) is 8.86. The molecule has 14 heavy (non-hydrogen) atoms. The second-order valence-corrected chi connectivity index (χ2v) is 3.38. The Balaban J connectivity index is 2.18. The van der Waals surface area contributed by atoms with Gasteiger partial charge in [0.05, 0.1) is 6.61 Å². The molecule has 1 rings (SSSR count). The quantitative estimate of drug-likeness (QED) is 0.700. The summed E-state index contributed by atoms with van der Waals surface area (Å²) in [4.78, 5) is 0. The smallest absolute Gasteiger partial charge is 0.232 e. The second-order valence-electron chi connectivity index (χ2n) is 3.38. The molecule has 0 bridgehead atoms. The van der Waals surface area contributed by atoms with E-state index in [-0.39, 0.29) is 6.61 Å². The molecule has 0 spiro atoms. The van der Waals surface area contributed by atoms with Gasteiger partial charge in [0.15, 0.2) is 0 Å². The van der Waals surface area contributed by atoms with Crippen LogP contribution in [-0.2, 0) is 7.05 Å². The third-order valence-electron chi connectivity index (χ3n) is 2.14. The summed E-state index contributed by atoms with van der Waals surface area (Å²) in [5.74, 6) is 0.689. The lowest BCUT2D eigenvalue weighted by molar-refractivity contribution is 0.261. The molecule has 0 aliphatic heterocycles. The summed E-state index contributed by atoms with van der Waals surface area (Å²) in [7, 11) is 1.90. The Bertz CT molecular complexity index is 252. The van der Waals surface area contributed by atoms with E-state index in [4.69, 9.17) is 9.84 Å². The molecule has 0 aromatic carbocycles. The van der Waals surface area contributed by atoms with E-state index in [1.54, 1.807) is 4.68 Å². The van der Waals surface area contributed by atoms with E-state index in [2.05, 4.69) is 5.10 Å². The minimum absolute atomic E-state index is 0.267. The fraction of sp³-hybridized carbons (Fsp3) is 0.700. The average Bonchev–Trinajstić information content (AvgIpc) is 2.46. The van der Waals surface area contributed by atoms with Crippen LogP contribution in [0.15, 0.2) is 6.07 Å². The van der Waals surface area contributed by atoms with Gasteiger partial charge in [0.1, 0.15) is 0 Å². The van der Waals surface area contributed by atoms with Crippen molar-refractivity contribution in [3.8, 4) is 5.88 Å². The standard InChI is InChI=1S/C10H18N2O2/c1-9-8-10(11-12(9)2)14-7-5-3-4-6-13/h8,13H,3-7H2,1-2H3. The molecule has 0 aliphatic carbocycles. The zero-order valence-corrected chi connectivity index (χ0v) is 8.86. The molecule has 0 amide bonds. The van der Waals surface area contributed by atoms with E-state index in [0.717, 1.165) is 25.0 Å². The minimum atomic E-state index is 0.267. The molecule has 1 heterocycles. The van der Waals surface area contributed by atoms with E-state index in [9.17, 15) is 0 Å². The fourth-order valence-electron chi connectivity index (χ4n) is 1.17. The Morgan fingerprint density at radius 2 is 2.21 bits per heavy atom. The van der Waals surface area contributed by atoms with Crippen LogP contribution in [0.5, 0.6) is 5.88 Å². The number of hydrogen-bond acceptors (Lipinski definition) is 3. The number of aliphatic hydroxyl groups excluding tert-OH is 1. The van der Waals surface area contributed by atoms with Gasteiger partial charge >= 0.3 is 0 Å². The normalized spacial score (nSPS) is 10.5. The summed E-state index contributed by atoms with van der Waals surface area (Å²) in [6.07, 6.45) is 2.82. The number of ether oxygens (including phenoxy) is 1. The van der Waals surface area contributed by atoms with Gasteiger partial charge in [-0.25, -0.2) is 0 Å². The highest BCUT2D eigenvalue weighted by Crippen LogP contribution is 2.10. The van der Waals surface area contributed by atoms with Gasteiger partial charge in [-0.05, 0) is 26.2 Å². The highest BCUT2D eigenvalue weighted by molar-refractivity contribution is 5.13. The topological polar surface area (TPSA) is 47.3 Å². The molecule has 80 valence electrons. The maximum absolute atomic E-state index is 8.57. The van der Waals surface area contributed by atoms with Crippen LogP contribution in [0.4, 0.5) is 0 Å². The predicted octanol–water partition coefficient (Wildman–Crippen LogP) is 1.27. The first-order chi connectivity index (χ1) is 6.74. The maximum Gasteiger partial charge on any atom is 0.232 e. The first-order valence-corrected chi connectivity index (χ1v) is 4.98. The van der Waals surface area contributed by atoms with E-state index in [1.807, 2.05) is 20.0 Å². The van der Waals surface area contributed by atoms with Crippen LogP contribution in [0.2, 0.25) is 0 Å². The monoisotopic (exact) mass is 198 g/mol. The van der Waals surface area contributed by atoms with Crippen LogP contribution in [0, 0.1) is 6.92 Å². The van der Waals surface area contributed by atoms with Gasteiger partial charge in [-0.3, -0.25) is 4.68 Å². The van der Waals surface area contributed by atoms with E-state index in [0.29, 0.717) is 12.5 Å². The molecule has 0 saturated heterocycles. The van der Waals surface area contributed by atoms with Crippen molar-refractivity contribution in [1.29, 1.82) is 0 Å². The van der Waals surface area contributed by atoms with Gasteiger partial charge < -0.3 is 9.84 Å². The number of nitrogens with zero attached hydrogens (tertiary/aromatic N) is 2. The Morgan fingerprint density at radius 1 is 1.43 bits per heavy atom. The predicted molar refractivity (Wildman–Crippen MR) is 54.4 cm³/mol. The van der Waals surface area contributed by atoms with Crippen molar-refractivity contribution >= 4 is 0 Å². The largest absolute Gasteiger partial charge is 0.477 e. The SMILES string of the molecule is Cc1cc(OCCCCCO)nn1C. The van der Waals surface area contributed by atoms with Crippen molar-refractivity contribution in [2.75, 3.05) is 13.2 Å². The van der Waals surface area contributed by atoms with Gasteiger partial charge in [-0.2, -0.15) is 0 Å². The molecule has 0 unspecified atom stereocenters. The Kier molecular flexibility index (Phi) is 4.46. The third-order valence-corrected chi connectivity index (χ3v) is 2.14. The number of hydrogen-bond donors (Lipinski definition) is 1. The van der Waals surface area contributed by atoms with Crippen molar-refractivity contribution in [2.45, 2.75) is 26.2 Å². The van der Waals surface area contributed by atoms with Gasteiger partial charge in [0.25, 0.3) is 0 Å². The lowest BCUT2D eigenvalue weighted by Crippen LogP contribution is -1.99. The number of aromatic nitrogens is 2. The summed E-state index contributed by atoms with van der Waals surface area (Å²) in [6.45, 7) is 2.94. The number of aliphatic hydroxyl groups is 1. The molecular weight excluding hydrogens is 180 g/mol. The fourth-order valence-corrected chi connectivity index (χ4v) is 1.17. The summed E-state index contributed by atoms with van der Waals surface area (Å²) in [6, 6.07) is 1.92. The van der Waals surface area contributed by atoms with E-state index >= 15 is 0 Å². The van der Waals surface area contributed by atoms with Crippen molar-refractivity contribution < 1.29 is 9.84 Å². The highest BCUT2D eigenvalue weighted by Gasteiger charge is 2.00. The van der Waals surface area contributed by atoms with Crippen LogP contribution in [0.3, 0.4) is 0 Å². The lowest BCUT2D eigenvalue weighted by Gasteiger charge is -2.01. The van der Waals surface area contributed by atoms with Crippen LogP contribution < -0.4 is 4.74 Å². The Labute approximate surface area is 84.5 Å². The second kappa shape index (κ2) is 5.65. The molecule has 1 aromatic rings. The van der Waals surface area contributed by atoms with Crippen molar-refractivity contribution in [1.82, 2.24) is 9.78 Å². The van der Waals surface area contributed by atoms with Gasteiger partial charge in [0.2, 0.25) is 5.88 Å². The van der Waals surface area contributed by atoms with E-state index < -0.39 is 0 Å². The lowest BCUT2D eigenvalue weighted by atomic mass is 10.2. The minimum Gasteiger partial charge on any atom is -0.477 e. The Hall–Kier alpha value is -1.03. The molecule has 0 atom stereocenters. The number of unbranched alkanes of at least 4 members (excludes halogenated alkanes) is 2. The first kappa shape index (κ1) is 11.0. The first-order valence-electron chi connectivity index (χ1n) is 4.98. The molecule has 0 radical (unpaired) electrons. The van der Waals surface area contributed by atoms with Crippen molar-refractivity contribution in [2.24, 2.45) is 7.05 Å². The van der Waals surface area contributed by atoms with Crippen LogP contribution >= 0.6 is 0 Å². The summed E-state index contributed by atoms with van der Waals surface area (Å²) < 4.78 is 7.24. The maximum atomic E-state index is 8.57. The molecule has 1 aromatic heterocycles. The van der Waals surface area contributed by atoms with Crippen molar-refractivity contribution in [3.05, 3.63) is 11.8 Å². The highest BCUT2D eigenvalue weighted by atomic mass is 16.5. The van der Waals surface area contributed by atoms with Crippen LogP contribution in [0.25, 0.3) is 0 Å². The average molecular weight is 198 g/mol. The number of aryl methyl sites for hydroxylation is 2. The molecular formula is C10H18N2O2. The zero-order chi connectivity index (χ0) is 10.4. The molecule has 0 saturated carbocycles. The summed E-state index contributed by atoms with van der Waals surface area (Å²) in [5, 5.41) is 12.7. The molecule has 1 N–H and O–H groups in total. The molecule has 0 fully saturated rings. The summed E-state index contributed by atoms with van der Waals surface area (Å²) >= 11 is 0. The van der Waals surface area contributed by atoms with Crippen molar-refractivity contribution in [3.63, 3.8) is 0 Å². The van der Waals surface area contributed by atoms with Gasteiger partial charge in [-0.15, -0.1) is 5.10 Å². The molecule has 4 heteroatoms. The molecule has 4 nitrogen and oxygen atoms in total. The summed E-state index contributed by atoms with van der Waals surface area (Å²) in [5.41, 5.74) is 1.09. The third kappa shape index (κ3) is 3.38. The molecule has 0 aliphatic rings. The van der Waals surface area contributed by atoms with Gasteiger partial charge in [-0.1, -0.05) is 0 Å².